The summed E-state index contributed by atoms with van der Waals surface area (Å²) < 4.78 is 11.2. The van der Waals surface area contributed by atoms with Crippen LogP contribution in [0.15, 0.2) is 77.3 Å². The highest BCUT2D eigenvalue weighted by Crippen LogP contribution is 2.48. The van der Waals surface area contributed by atoms with Gasteiger partial charge >= 0.3 is 12.1 Å². The van der Waals surface area contributed by atoms with E-state index in [1.165, 1.54) is 0 Å². The number of benzene rings is 3. The summed E-state index contributed by atoms with van der Waals surface area (Å²) in [6.45, 7) is 5.57. The molecule has 1 aromatic heterocycles. The molecular formula is C30H28N2O5. The van der Waals surface area contributed by atoms with E-state index in [9.17, 15) is 14.7 Å². The lowest BCUT2D eigenvalue weighted by Crippen LogP contribution is -2.19. The first-order valence-corrected chi connectivity index (χ1v) is 12.2. The molecule has 7 heteroatoms. The Labute approximate surface area is 215 Å². The van der Waals surface area contributed by atoms with Gasteiger partial charge in [0, 0.05) is 5.56 Å². The number of amides is 1. The Kier molecular flexibility index (Phi) is 6.29. The number of aryl methyl sites for hydroxylation is 2. The van der Waals surface area contributed by atoms with Crippen LogP contribution in [-0.2, 0) is 14.9 Å². The van der Waals surface area contributed by atoms with Crippen molar-refractivity contribution in [2.75, 3.05) is 5.32 Å². The van der Waals surface area contributed by atoms with Gasteiger partial charge in [-0.05, 0) is 61.4 Å². The number of nitrogens with one attached hydrogen (secondary N) is 1. The van der Waals surface area contributed by atoms with E-state index in [1.54, 1.807) is 6.92 Å². The highest BCUT2D eigenvalue weighted by Gasteiger charge is 2.51. The summed E-state index contributed by atoms with van der Waals surface area (Å²) in [4.78, 5) is 24.3. The first-order valence-electron chi connectivity index (χ1n) is 12.2. The van der Waals surface area contributed by atoms with Gasteiger partial charge in [0.1, 0.15) is 17.5 Å². The SMILES string of the molecule is Cc1ccccc1C(C)OC(=O)Nc1c(C)noc1-c1ccc(-c2ccc(C3(C(=O)O)CC3)cc2)cc1. The number of aromatic nitrogens is 1. The van der Waals surface area contributed by atoms with E-state index in [1.807, 2.05) is 86.6 Å². The summed E-state index contributed by atoms with van der Waals surface area (Å²) in [6.07, 6.45) is 0.360. The van der Waals surface area contributed by atoms with Gasteiger partial charge in [-0.15, -0.1) is 0 Å². The molecule has 3 aromatic carbocycles. The third-order valence-corrected chi connectivity index (χ3v) is 7.08. The van der Waals surface area contributed by atoms with Gasteiger partial charge in [-0.25, -0.2) is 4.79 Å². The highest BCUT2D eigenvalue weighted by molar-refractivity contribution is 5.91. The number of anilines is 1. The molecule has 37 heavy (non-hydrogen) atoms. The number of nitrogens with zero attached hydrogens (tertiary/aromatic N) is 1. The molecule has 1 aliphatic rings. The molecule has 1 amide bonds. The van der Waals surface area contributed by atoms with Gasteiger partial charge in [-0.3, -0.25) is 10.1 Å². The van der Waals surface area contributed by atoms with Crippen molar-refractivity contribution in [2.24, 2.45) is 0 Å². The number of carbonyl (C=O) groups is 2. The van der Waals surface area contributed by atoms with Crippen LogP contribution in [0.5, 0.6) is 0 Å². The zero-order valence-corrected chi connectivity index (χ0v) is 20.9. The largest absolute Gasteiger partial charge is 0.481 e. The maximum atomic E-state index is 12.7. The molecule has 1 aliphatic carbocycles. The normalized spacial score (nSPS) is 14.6. The minimum atomic E-state index is -0.759. The van der Waals surface area contributed by atoms with Gasteiger partial charge in [0.25, 0.3) is 0 Å². The number of hydrogen-bond donors (Lipinski definition) is 2. The highest BCUT2D eigenvalue weighted by atomic mass is 16.6. The van der Waals surface area contributed by atoms with Gasteiger partial charge < -0.3 is 14.4 Å². The monoisotopic (exact) mass is 496 g/mol. The molecular weight excluding hydrogens is 468 g/mol. The number of carbonyl (C=O) groups excluding carboxylic acids is 1. The molecule has 0 bridgehead atoms. The Hall–Kier alpha value is -4.39. The van der Waals surface area contributed by atoms with Crippen LogP contribution in [0.25, 0.3) is 22.5 Å². The molecule has 188 valence electrons. The zero-order valence-electron chi connectivity index (χ0n) is 20.9. The van der Waals surface area contributed by atoms with E-state index < -0.39 is 23.6 Å². The molecule has 0 saturated heterocycles. The van der Waals surface area contributed by atoms with Gasteiger partial charge in [-0.2, -0.15) is 0 Å². The maximum absolute atomic E-state index is 12.7. The summed E-state index contributed by atoms with van der Waals surface area (Å²) in [6, 6.07) is 23.2. The average molecular weight is 497 g/mol. The van der Waals surface area contributed by atoms with E-state index in [0.717, 1.165) is 33.4 Å². The smallest absolute Gasteiger partial charge is 0.412 e. The molecule has 7 nitrogen and oxygen atoms in total. The van der Waals surface area contributed by atoms with Crippen LogP contribution in [0.4, 0.5) is 10.5 Å². The van der Waals surface area contributed by atoms with Crippen LogP contribution >= 0.6 is 0 Å². The number of carboxylic acid groups (broad SMARTS) is 1. The Morgan fingerprint density at radius 2 is 1.54 bits per heavy atom. The molecule has 1 fully saturated rings. The van der Waals surface area contributed by atoms with E-state index in [2.05, 4.69) is 10.5 Å². The third-order valence-electron chi connectivity index (χ3n) is 7.08. The van der Waals surface area contributed by atoms with E-state index in [-0.39, 0.29) is 0 Å². The average Bonchev–Trinajstić information content (AvgIpc) is 3.64. The summed E-state index contributed by atoms with van der Waals surface area (Å²) in [5, 5.41) is 16.4. The Bertz CT molecular complexity index is 1450. The van der Waals surface area contributed by atoms with Crippen LogP contribution in [0.3, 0.4) is 0 Å². The van der Waals surface area contributed by atoms with Crippen molar-refractivity contribution < 1.29 is 24.0 Å². The van der Waals surface area contributed by atoms with Crippen molar-refractivity contribution >= 4 is 17.7 Å². The summed E-state index contributed by atoms with van der Waals surface area (Å²) in [5.41, 5.74) is 5.85. The molecule has 0 radical (unpaired) electrons. The molecule has 1 saturated carbocycles. The fourth-order valence-electron chi connectivity index (χ4n) is 4.66. The van der Waals surface area contributed by atoms with Gasteiger partial charge in [0.2, 0.25) is 0 Å². The van der Waals surface area contributed by atoms with Crippen molar-refractivity contribution in [2.45, 2.75) is 45.1 Å². The second-order valence-corrected chi connectivity index (χ2v) is 9.54. The van der Waals surface area contributed by atoms with E-state index in [0.29, 0.717) is 30.0 Å². The van der Waals surface area contributed by atoms with Crippen molar-refractivity contribution in [3.63, 3.8) is 0 Å². The summed E-state index contributed by atoms with van der Waals surface area (Å²) >= 11 is 0. The van der Waals surface area contributed by atoms with Gasteiger partial charge in [0.15, 0.2) is 5.76 Å². The minimum Gasteiger partial charge on any atom is -0.481 e. The van der Waals surface area contributed by atoms with Crippen LogP contribution in [0, 0.1) is 13.8 Å². The van der Waals surface area contributed by atoms with Crippen LogP contribution < -0.4 is 5.32 Å². The fraction of sp³-hybridized carbons (Fsp3) is 0.233. The van der Waals surface area contributed by atoms with Crippen LogP contribution in [-0.4, -0.2) is 22.3 Å². The predicted molar refractivity (Wildman–Crippen MR) is 140 cm³/mol. The second kappa shape index (κ2) is 9.58. The quantitative estimate of drug-likeness (QED) is 0.284. The predicted octanol–water partition coefficient (Wildman–Crippen LogP) is 7.05. The van der Waals surface area contributed by atoms with Crippen LogP contribution in [0.2, 0.25) is 0 Å². The van der Waals surface area contributed by atoms with Crippen molar-refractivity contribution in [1.82, 2.24) is 5.16 Å². The molecule has 4 aromatic rings. The molecule has 0 aliphatic heterocycles. The number of hydrogen-bond acceptors (Lipinski definition) is 5. The number of carboxylic acids is 1. The lowest BCUT2D eigenvalue weighted by Gasteiger charge is -2.16. The Morgan fingerprint density at radius 1 is 0.946 bits per heavy atom. The maximum Gasteiger partial charge on any atom is 0.412 e. The van der Waals surface area contributed by atoms with Gasteiger partial charge in [-0.1, -0.05) is 78.0 Å². The first-order chi connectivity index (χ1) is 17.8. The third kappa shape index (κ3) is 4.72. The van der Waals surface area contributed by atoms with E-state index in [4.69, 9.17) is 9.26 Å². The molecule has 2 N–H and O–H groups in total. The summed E-state index contributed by atoms with van der Waals surface area (Å²) in [7, 11) is 0. The number of rotatable bonds is 7. The zero-order chi connectivity index (χ0) is 26.2. The molecule has 0 spiro atoms. The Morgan fingerprint density at radius 3 is 2.14 bits per heavy atom. The number of aliphatic carboxylic acids is 1. The van der Waals surface area contributed by atoms with Crippen molar-refractivity contribution in [3.8, 4) is 22.5 Å². The van der Waals surface area contributed by atoms with Crippen molar-refractivity contribution in [3.05, 3.63) is 95.2 Å². The van der Waals surface area contributed by atoms with Gasteiger partial charge in [0.05, 0.1) is 5.41 Å². The molecule has 1 unspecified atom stereocenters. The first kappa shape index (κ1) is 24.3. The van der Waals surface area contributed by atoms with Crippen LogP contribution in [0.1, 0.15) is 48.3 Å². The Balaban J connectivity index is 1.30. The topological polar surface area (TPSA) is 102 Å². The molecule has 1 atom stereocenters. The minimum absolute atomic E-state index is 0.416. The lowest BCUT2D eigenvalue weighted by atomic mass is 9.93. The molecule has 1 heterocycles. The second-order valence-electron chi connectivity index (χ2n) is 9.54. The fourth-order valence-corrected chi connectivity index (χ4v) is 4.66. The molecule has 5 rings (SSSR count). The van der Waals surface area contributed by atoms with Crippen molar-refractivity contribution in [1.29, 1.82) is 0 Å². The summed E-state index contributed by atoms with van der Waals surface area (Å²) in [5.74, 6) is -0.318. The number of ether oxygens (including phenoxy) is 1. The lowest BCUT2D eigenvalue weighted by molar-refractivity contribution is -0.140. The van der Waals surface area contributed by atoms with E-state index >= 15 is 0 Å². The standard InChI is InChI=1S/C30H28N2O5/c1-18-6-4-5-7-25(18)20(3)36-29(35)31-26-19(2)32-37-27(26)23-10-8-21(9-11-23)22-12-14-24(15-13-22)30(16-17-30)28(33)34/h4-15,20H,16-17H2,1-3H3,(H,31,35)(H,33,34).